The number of aryl methyl sites for hydroxylation is 1. The molecule has 0 saturated carbocycles. The maximum atomic E-state index is 13.6. The average Bonchev–Trinajstić information content (AvgIpc) is 2.48. The molecule has 2 rings (SSSR count). The molecule has 0 spiro atoms. The molecule has 2 aromatic rings. The molecule has 1 amide bonds. The molecule has 0 bridgehead atoms. The quantitative estimate of drug-likeness (QED) is 0.885. The van der Waals surface area contributed by atoms with E-state index in [2.05, 4.69) is 10.1 Å². The van der Waals surface area contributed by atoms with Gasteiger partial charge in [0, 0.05) is 11.8 Å². The third-order valence-electron chi connectivity index (χ3n) is 3.08. The fraction of sp³-hybridized carbons (Fsp3) is 0.125. The number of rotatable bonds is 3. The number of amides is 1. The number of carbonyl (C=O) groups excluding carboxylic acids is 2. The highest BCUT2D eigenvalue weighted by Gasteiger charge is 2.15. The predicted octanol–water partition coefficient (Wildman–Crippen LogP) is 3.31. The maximum absolute atomic E-state index is 13.6. The molecule has 1 N–H and O–H groups in total. The lowest BCUT2D eigenvalue weighted by Crippen LogP contribution is -2.15. The van der Waals surface area contributed by atoms with Crippen molar-refractivity contribution in [2.24, 2.45) is 0 Å². The molecule has 0 atom stereocenters. The Morgan fingerprint density at radius 3 is 2.45 bits per heavy atom. The first-order valence-electron chi connectivity index (χ1n) is 6.37. The molecular weight excluding hydrogens is 292 g/mol. The minimum Gasteiger partial charge on any atom is -0.465 e. The van der Waals surface area contributed by atoms with Gasteiger partial charge in [-0.25, -0.2) is 13.6 Å². The molecule has 22 heavy (non-hydrogen) atoms. The van der Waals surface area contributed by atoms with Gasteiger partial charge in [0.2, 0.25) is 0 Å². The highest BCUT2D eigenvalue weighted by molar-refractivity contribution is 6.05. The van der Waals surface area contributed by atoms with E-state index in [1.54, 1.807) is 19.1 Å². The fourth-order valence-electron chi connectivity index (χ4n) is 1.86. The highest BCUT2D eigenvalue weighted by Crippen LogP contribution is 2.19. The highest BCUT2D eigenvalue weighted by atomic mass is 19.1. The number of anilines is 1. The van der Waals surface area contributed by atoms with Gasteiger partial charge in [-0.05, 0) is 36.8 Å². The zero-order valence-corrected chi connectivity index (χ0v) is 11.9. The minimum absolute atomic E-state index is 0.253. The molecule has 0 fully saturated rings. The Hall–Kier alpha value is -2.76. The maximum Gasteiger partial charge on any atom is 0.337 e. The Kier molecular flexibility index (Phi) is 4.50. The van der Waals surface area contributed by atoms with Gasteiger partial charge in [-0.2, -0.15) is 0 Å². The van der Waals surface area contributed by atoms with Gasteiger partial charge in [-0.15, -0.1) is 0 Å². The molecule has 114 valence electrons. The van der Waals surface area contributed by atoms with Gasteiger partial charge in [0.1, 0.15) is 11.6 Å². The van der Waals surface area contributed by atoms with Crippen LogP contribution in [0.5, 0.6) is 0 Å². The van der Waals surface area contributed by atoms with E-state index in [0.29, 0.717) is 17.3 Å². The number of ether oxygens (including phenoxy) is 1. The first-order valence-corrected chi connectivity index (χ1v) is 6.37. The fourth-order valence-corrected chi connectivity index (χ4v) is 1.86. The summed E-state index contributed by atoms with van der Waals surface area (Å²) < 4.78 is 31.1. The van der Waals surface area contributed by atoms with Gasteiger partial charge in [0.05, 0.1) is 18.2 Å². The summed E-state index contributed by atoms with van der Waals surface area (Å²) in [5.74, 6) is -3.01. The lowest BCUT2D eigenvalue weighted by atomic mass is 10.1. The molecule has 0 aliphatic carbocycles. The van der Waals surface area contributed by atoms with E-state index < -0.39 is 23.5 Å². The summed E-state index contributed by atoms with van der Waals surface area (Å²) in [4.78, 5) is 23.5. The molecule has 0 aliphatic heterocycles. The van der Waals surface area contributed by atoms with Crippen LogP contribution in [0.2, 0.25) is 0 Å². The van der Waals surface area contributed by atoms with Gasteiger partial charge in [-0.1, -0.05) is 6.07 Å². The Bertz CT molecular complexity index is 744. The number of benzene rings is 2. The van der Waals surface area contributed by atoms with Crippen LogP contribution in [0.3, 0.4) is 0 Å². The monoisotopic (exact) mass is 305 g/mol. The SMILES string of the molecule is COC(=O)c1ccc(C)c(NC(=O)c2ccc(F)cc2F)c1. The summed E-state index contributed by atoms with van der Waals surface area (Å²) in [6.07, 6.45) is 0. The van der Waals surface area contributed by atoms with Crippen LogP contribution < -0.4 is 5.32 Å². The van der Waals surface area contributed by atoms with Crippen molar-refractivity contribution in [3.63, 3.8) is 0 Å². The minimum atomic E-state index is -0.959. The van der Waals surface area contributed by atoms with Crippen LogP contribution >= 0.6 is 0 Å². The number of carbonyl (C=O) groups is 2. The molecule has 0 aliphatic rings. The third kappa shape index (κ3) is 3.28. The summed E-state index contributed by atoms with van der Waals surface area (Å²) in [6.45, 7) is 1.72. The van der Waals surface area contributed by atoms with E-state index >= 15 is 0 Å². The van der Waals surface area contributed by atoms with Crippen LogP contribution in [0.15, 0.2) is 36.4 Å². The van der Waals surface area contributed by atoms with Crippen molar-refractivity contribution in [2.75, 3.05) is 12.4 Å². The molecule has 0 saturated heterocycles. The Labute approximate surface area is 125 Å². The van der Waals surface area contributed by atoms with E-state index in [0.717, 1.165) is 12.1 Å². The van der Waals surface area contributed by atoms with Crippen molar-refractivity contribution in [3.05, 3.63) is 64.7 Å². The van der Waals surface area contributed by atoms with Gasteiger partial charge < -0.3 is 10.1 Å². The van der Waals surface area contributed by atoms with Crippen LogP contribution in [0.4, 0.5) is 14.5 Å². The molecule has 6 heteroatoms. The number of halogens is 2. The topological polar surface area (TPSA) is 55.4 Å². The van der Waals surface area contributed by atoms with Crippen LogP contribution in [-0.2, 0) is 4.74 Å². The molecule has 0 radical (unpaired) electrons. The summed E-state index contributed by atoms with van der Waals surface area (Å²) in [6, 6.07) is 7.29. The van der Waals surface area contributed by atoms with E-state index in [1.807, 2.05) is 0 Å². The zero-order valence-electron chi connectivity index (χ0n) is 11.9. The van der Waals surface area contributed by atoms with Crippen molar-refractivity contribution in [3.8, 4) is 0 Å². The lowest BCUT2D eigenvalue weighted by Gasteiger charge is -2.10. The van der Waals surface area contributed by atoms with E-state index in [1.165, 1.54) is 13.2 Å². The van der Waals surface area contributed by atoms with E-state index in [4.69, 9.17) is 0 Å². The van der Waals surface area contributed by atoms with Gasteiger partial charge >= 0.3 is 5.97 Å². The number of nitrogens with one attached hydrogen (secondary N) is 1. The number of esters is 1. The Morgan fingerprint density at radius 1 is 1.09 bits per heavy atom. The largest absolute Gasteiger partial charge is 0.465 e. The van der Waals surface area contributed by atoms with Crippen molar-refractivity contribution in [2.45, 2.75) is 6.92 Å². The third-order valence-corrected chi connectivity index (χ3v) is 3.08. The van der Waals surface area contributed by atoms with Crippen molar-refractivity contribution >= 4 is 17.6 Å². The second-order valence-electron chi connectivity index (χ2n) is 4.60. The Morgan fingerprint density at radius 2 is 1.82 bits per heavy atom. The molecule has 0 unspecified atom stereocenters. The summed E-state index contributed by atoms with van der Waals surface area (Å²) in [5, 5.41) is 2.50. The molecular formula is C16H13F2NO3. The van der Waals surface area contributed by atoms with E-state index in [9.17, 15) is 18.4 Å². The molecule has 0 aromatic heterocycles. The Balaban J connectivity index is 2.29. The van der Waals surface area contributed by atoms with Crippen molar-refractivity contribution < 1.29 is 23.1 Å². The smallest absolute Gasteiger partial charge is 0.337 e. The summed E-state index contributed by atoms with van der Waals surface area (Å²) in [7, 11) is 1.24. The number of hydrogen-bond donors (Lipinski definition) is 1. The van der Waals surface area contributed by atoms with Crippen LogP contribution in [0.1, 0.15) is 26.3 Å². The van der Waals surface area contributed by atoms with Crippen molar-refractivity contribution in [1.29, 1.82) is 0 Å². The first kappa shape index (κ1) is 15.6. The van der Waals surface area contributed by atoms with Crippen LogP contribution in [0.25, 0.3) is 0 Å². The van der Waals surface area contributed by atoms with Crippen LogP contribution in [-0.4, -0.2) is 19.0 Å². The normalized spacial score (nSPS) is 10.2. The standard InChI is InChI=1S/C16H13F2NO3/c1-9-3-4-10(16(21)22-2)7-14(9)19-15(20)12-6-5-11(17)8-13(12)18/h3-8H,1-2H3,(H,19,20). The lowest BCUT2D eigenvalue weighted by molar-refractivity contribution is 0.0600. The second-order valence-corrected chi connectivity index (χ2v) is 4.60. The molecule has 2 aromatic carbocycles. The molecule has 4 nitrogen and oxygen atoms in total. The average molecular weight is 305 g/mol. The van der Waals surface area contributed by atoms with Crippen molar-refractivity contribution in [1.82, 2.24) is 0 Å². The first-order chi connectivity index (χ1) is 10.4. The number of methoxy groups -OCH3 is 1. The van der Waals surface area contributed by atoms with Gasteiger partial charge in [0.25, 0.3) is 5.91 Å². The second kappa shape index (κ2) is 6.34. The molecule has 0 heterocycles. The number of hydrogen-bond acceptors (Lipinski definition) is 3. The van der Waals surface area contributed by atoms with Gasteiger partial charge in [0.15, 0.2) is 0 Å². The predicted molar refractivity (Wildman–Crippen MR) is 76.8 cm³/mol. The van der Waals surface area contributed by atoms with E-state index in [-0.39, 0.29) is 11.1 Å². The zero-order chi connectivity index (χ0) is 16.3. The summed E-state index contributed by atoms with van der Waals surface area (Å²) in [5.41, 5.74) is 0.993. The van der Waals surface area contributed by atoms with Gasteiger partial charge in [-0.3, -0.25) is 4.79 Å². The van der Waals surface area contributed by atoms with Crippen LogP contribution in [0, 0.1) is 18.6 Å². The summed E-state index contributed by atoms with van der Waals surface area (Å²) >= 11 is 0.